The number of nitrogens with zero attached hydrogens (tertiary/aromatic N) is 3. The van der Waals surface area contributed by atoms with Gasteiger partial charge in [-0.05, 0) is 50.8 Å². The van der Waals surface area contributed by atoms with Gasteiger partial charge in [0.1, 0.15) is 0 Å². The second kappa shape index (κ2) is 6.47. The van der Waals surface area contributed by atoms with Crippen LogP contribution in [0.4, 0.5) is 0 Å². The lowest BCUT2D eigenvalue weighted by molar-refractivity contribution is 0.190. The van der Waals surface area contributed by atoms with Gasteiger partial charge in [-0.15, -0.1) is 0 Å². The van der Waals surface area contributed by atoms with Gasteiger partial charge in [-0.1, -0.05) is 5.16 Å². The van der Waals surface area contributed by atoms with Crippen molar-refractivity contribution in [1.82, 2.24) is 20.4 Å². The van der Waals surface area contributed by atoms with Crippen LogP contribution in [0.25, 0.3) is 11.4 Å². The molecule has 2 aromatic heterocycles. The summed E-state index contributed by atoms with van der Waals surface area (Å²) in [7, 11) is 2.14. The van der Waals surface area contributed by atoms with Gasteiger partial charge >= 0.3 is 0 Å². The first-order valence-corrected chi connectivity index (χ1v) is 8.03. The van der Waals surface area contributed by atoms with Crippen molar-refractivity contribution in [2.75, 3.05) is 20.1 Å². The number of hydrogen-bond donors (Lipinski definition) is 1. The highest BCUT2D eigenvalue weighted by atomic mass is 32.1. The Morgan fingerprint density at radius 2 is 2.40 bits per heavy atom. The normalized spacial score (nSPS) is 20.2. The molecule has 1 saturated heterocycles. The van der Waals surface area contributed by atoms with E-state index in [2.05, 4.69) is 27.4 Å². The Kier molecular flexibility index (Phi) is 4.44. The molecule has 6 heteroatoms. The van der Waals surface area contributed by atoms with Gasteiger partial charge in [-0.25, -0.2) is 0 Å². The largest absolute Gasteiger partial charge is 0.338 e. The third-order valence-corrected chi connectivity index (χ3v) is 4.48. The molecule has 5 nitrogen and oxygen atoms in total. The maximum absolute atomic E-state index is 5.37. The summed E-state index contributed by atoms with van der Waals surface area (Å²) in [6.45, 7) is 2.95. The predicted octanol–water partition coefficient (Wildman–Crippen LogP) is 2.37. The Morgan fingerprint density at radius 3 is 3.25 bits per heavy atom. The van der Waals surface area contributed by atoms with E-state index in [0.29, 0.717) is 17.8 Å². The smallest absolute Gasteiger partial charge is 0.241 e. The first-order chi connectivity index (χ1) is 9.83. The maximum atomic E-state index is 5.37. The Labute approximate surface area is 123 Å². The van der Waals surface area contributed by atoms with E-state index in [9.17, 15) is 0 Å². The Hall–Kier alpha value is -1.24. The van der Waals surface area contributed by atoms with Crippen molar-refractivity contribution in [3.05, 3.63) is 22.7 Å². The van der Waals surface area contributed by atoms with Crippen molar-refractivity contribution in [2.45, 2.75) is 31.8 Å². The molecule has 2 aromatic rings. The maximum Gasteiger partial charge on any atom is 0.241 e. The number of nitrogens with one attached hydrogen (secondary N) is 1. The quantitative estimate of drug-likeness (QED) is 0.937. The van der Waals surface area contributed by atoms with Crippen LogP contribution in [0.3, 0.4) is 0 Å². The second-order valence-electron chi connectivity index (χ2n) is 5.27. The molecule has 0 aliphatic carbocycles. The van der Waals surface area contributed by atoms with E-state index in [-0.39, 0.29) is 0 Å². The molecule has 20 heavy (non-hydrogen) atoms. The zero-order valence-corrected chi connectivity index (χ0v) is 12.5. The van der Waals surface area contributed by atoms with Gasteiger partial charge in [0.25, 0.3) is 0 Å². The fraction of sp³-hybridized carbons (Fsp3) is 0.571. The molecule has 0 spiro atoms. The topological polar surface area (TPSA) is 54.2 Å². The lowest BCUT2D eigenvalue weighted by Crippen LogP contribution is -2.32. The molecule has 1 N–H and O–H groups in total. The van der Waals surface area contributed by atoms with Crippen molar-refractivity contribution in [2.24, 2.45) is 0 Å². The lowest BCUT2D eigenvalue weighted by Gasteiger charge is -2.25. The summed E-state index contributed by atoms with van der Waals surface area (Å²) >= 11 is 1.64. The van der Waals surface area contributed by atoms with Gasteiger partial charge in [0, 0.05) is 17.0 Å². The van der Waals surface area contributed by atoms with Crippen molar-refractivity contribution >= 4 is 11.3 Å². The number of aromatic nitrogens is 2. The fourth-order valence-corrected chi connectivity index (χ4v) is 3.25. The summed E-state index contributed by atoms with van der Waals surface area (Å²) in [5, 5.41) is 11.6. The van der Waals surface area contributed by atoms with Crippen molar-refractivity contribution in [3.8, 4) is 11.4 Å². The second-order valence-corrected chi connectivity index (χ2v) is 6.05. The van der Waals surface area contributed by atoms with E-state index in [1.807, 2.05) is 16.8 Å². The van der Waals surface area contributed by atoms with Gasteiger partial charge in [0.15, 0.2) is 0 Å². The van der Waals surface area contributed by atoms with E-state index < -0.39 is 0 Å². The van der Waals surface area contributed by atoms with E-state index in [0.717, 1.165) is 25.2 Å². The standard InChI is InChI=1S/C14H20N4OS/c1-18(12-3-2-6-15-7-4-12)9-13-16-14(17-19-13)11-5-8-20-10-11/h5,8,10,12,15H,2-4,6-7,9H2,1H3. The summed E-state index contributed by atoms with van der Waals surface area (Å²) in [6, 6.07) is 2.61. The molecule has 3 rings (SSSR count). The summed E-state index contributed by atoms with van der Waals surface area (Å²) < 4.78 is 5.37. The molecule has 1 fully saturated rings. The minimum Gasteiger partial charge on any atom is -0.338 e. The van der Waals surface area contributed by atoms with Crippen LogP contribution < -0.4 is 5.32 Å². The van der Waals surface area contributed by atoms with E-state index in [1.165, 1.54) is 19.3 Å². The Morgan fingerprint density at radius 1 is 1.45 bits per heavy atom. The Balaban J connectivity index is 1.62. The lowest BCUT2D eigenvalue weighted by atomic mass is 10.1. The van der Waals surface area contributed by atoms with Crippen molar-refractivity contribution in [3.63, 3.8) is 0 Å². The van der Waals surface area contributed by atoms with Crippen LogP contribution in [0, 0.1) is 0 Å². The van der Waals surface area contributed by atoms with Crippen molar-refractivity contribution in [1.29, 1.82) is 0 Å². The zero-order valence-electron chi connectivity index (χ0n) is 11.7. The SMILES string of the molecule is CN(Cc1nc(-c2ccsc2)no1)C1CCCNCC1. The van der Waals surface area contributed by atoms with Crippen LogP contribution in [0.5, 0.6) is 0 Å². The third-order valence-electron chi connectivity index (χ3n) is 3.80. The van der Waals surface area contributed by atoms with Crippen LogP contribution >= 0.6 is 11.3 Å². The molecule has 0 aromatic carbocycles. The van der Waals surface area contributed by atoms with Gasteiger partial charge in [0.2, 0.25) is 11.7 Å². The van der Waals surface area contributed by atoms with Crippen LogP contribution in [0.2, 0.25) is 0 Å². The molecule has 108 valence electrons. The molecule has 0 amide bonds. The minimum atomic E-state index is 0.599. The molecular formula is C14H20N4OS. The summed E-state index contributed by atoms with van der Waals surface area (Å²) in [6.07, 6.45) is 3.65. The van der Waals surface area contributed by atoms with Gasteiger partial charge in [-0.2, -0.15) is 16.3 Å². The highest BCUT2D eigenvalue weighted by molar-refractivity contribution is 7.08. The highest BCUT2D eigenvalue weighted by Crippen LogP contribution is 2.20. The van der Waals surface area contributed by atoms with E-state index in [1.54, 1.807) is 11.3 Å². The first-order valence-electron chi connectivity index (χ1n) is 7.09. The van der Waals surface area contributed by atoms with E-state index in [4.69, 9.17) is 4.52 Å². The molecule has 0 radical (unpaired) electrons. The van der Waals surface area contributed by atoms with E-state index >= 15 is 0 Å². The minimum absolute atomic E-state index is 0.599. The average Bonchev–Trinajstić information content (AvgIpc) is 3.05. The molecule has 0 bridgehead atoms. The van der Waals surface area contributed by atoms with Crippen molar-refractivity contribution < 1.29 is 4.52 Å². The summed E-state index contributed by atoms with van der Waals surface area (Å²) in [5.74, 6) is 1.39. The predicted molar refractivity (Wildman–Crippen MR) is 79.6 cm³/mol. The highest BCUT2D eigenvalue weighted by Gasteiger charge is 2.19. The molecule has 1 aliphatic heterocycles. The molecule has 1 aliphatic rings. The molecule has 1 unspecified atom stereocenters. The summed E-state index contributed by atoms with van der Waals surface area (Å²) in [4.78, 5) is 6.81. The monoisotopic (exact) mass is 292 g/mol. The Bertz CT molecular complexity index is 517. The third kappa shape index (κ3) is 3.26. The molecule has 1 atom stereocenters. The number of rotatable bonds is 4. The van der Waals surface area contributed by atoms with Crippen LogP contribution in [0.15, 0.2) is 21.3 Å². The average molecular weight is 292 g/mol. The number of thiophene rings is 1. The van der Waals surface area contributed by atoms with Crippen LogP contribution in [-0.4, -0.2) is 41.2 Å². The first kappa shape index (κ1) is 13.7. The zero-order chi connectivity index (χ0) is 13.8. The molecule has 0 saturated carbocycles. The van der Waals surface area contributed by atoms with Gasteiger partial charge in [0.05, 0.1) is 6.54 Å². The fourth-order valence-electron chi connectivity index (χ4n) is 2.61. The van der Waals surface area contributed by atoms with Crippen LogP contribution in [-0.2, 0) is 6.54 Å². The van der Waals surface area contributed by atoms with Crippen LogP contribution in [0.1, 0.15) is 25.2 Å². The molecule has 3 heterocycles. The molecular weight excluding hydrogens is 272 g/mol. The van der Waals surface area contributed by atoms with Gasteiger partial charge < -0.3 is 9.84 Å². The number of hydrogen-bond acceptors (Lipinski definition) is 6. The summed E-state index contributed by atoms with van der Waals surface area (Å²) in [5.41, 5.74) is 1.03. The van der Waals surface area contributed by atoms with Gasteiger partial charge in [-0.3, -0.25) is 4.90 Å².